The van der Waals surface area contributed by atoms with Crippen LogP contribution < -0.4 is 5.32 Å². The van der Waals surface area contributed by atoms with Crippen LogP contribution in [0.3, 0.4) is 0 Å². The summed E-state index contributed by atoms with van der Waals surface area (Å²) < 4.78 is 54.6. The summed E-state index contributed by atoms with van der Waals surface area (Å²) in [6, 6.07) is 12.1. The van der Waals surface area contributed by atoms with Gasteiger partial charge in [0.15, 0.2) is 0 Å². The van der Waals surface area contributed by atoms with Gasteiger partial charge in [0.2, 0.25) is 11.7 Å². The van der Waals surface area contributed by atoms with Gasteiger partial charge in [-0.3, -0.25) is 4.79 Å². The number of amides is 1. The topological polar surface area (TPSA) is 46.9 Å². The van der Waals surface area contributed by atoms with Crippen molar-refractivity contribution in [1.29, 1.82) is 0 Å². The summed E-state index contributed by atoms with van der Waals surface area (Å²) in [7, 11) is 0. The van der Waals surface area contributed by atoms with E-state index in [1.807, 2.05) is 0 Å². The number of halogens is 4. The molecule has 8 heteroatoms. The Morgan fingerprint density at radius 2 is 1.72 bits per heavy atom. The number of aromatic nitrogens is 2. The van der Waals surface area contributed by atoms with Gasteiger partial charge in [-0.25, -0.2) is 9.37 Å². The van der Waals surface area contributed by atoms with E-state index >= 15 is 0 Å². The Kier molecular flexibility index (Phi) is 4.80. The number of nitrogens with zero attached hydrogens (tertiary/aromatic N) is 2. The van der Waals surface area contributed by atoms with Crippen molar-refractivity contribution in [2.45, 2.75) is 43.9 Å². The first-order valence-corrected chi connectivity index (χ1v) is 9.38. The van der Waals surface area contributed by atoms with E-state index < -0.39 is 30.0 Å². The van der Waals surface area contributed by atoms with E-state index in [1.54, 1.807) is 24.3 Å². The molecule has 152 valence electrons. The molecule has 1 aliphatic rings. The Morgan fingerprint density at radius 3 is 2.38 bits per heavy atom. The van der Waals surface area contributed by atoms with Gasteiger partial charge in [-0.15, -0.1) is 0 Å². The van der Waals surface area contributed by atoms with Crippen LogP contribution in [-0.2, 0) is 23.1 Å². The summed E-state index contributed by atoms with van der Waals surface area (Å²) in [5, 5.41) is 2.93. The first kappa shape index (κ1) is 19.4. The molecule has 0 atom stereocenters. The molecule has 1 aliphatic carbocycles. The molecular weight excluding hydrogens is 386 g/mol. The second kappa shape index (κ2) is 7.17. The zero-order valence-corrected chi connectivity index (χ0v) is 15.5. The van der Waals surface area contributed by atoms with Crippen LogP contribution in [0, 0.1) is 5.82 Å². The van der Waals surface area contributed by atoms with Gasteiger partial charge in [0.25, 0.3) is 0 Å². The second-order valence-corrected chi connectivity index (χ2v) is 7.35. The van der Waals surface area contributed by atoms with Crippen molar-refractivity contribution in [3.05, 3.63) is 65.7 Å². The molecule has 4 rings (SSSR count). The molecule has 2 aromatic carbocycles. The Balaban J connectivity index is 1.65. The Bertz CT molecular complexity index is 1030. The second-order valence-electron chi connectivity index (χ2n) is 7.35. The number of nitrogens with one attached hydrogen (secondary N) is 1. The summed E-state index contributed by atoms with van der Waals surface area (Å²) in [6.07, 6.45) is -1.62. The number of para-hydroxylation sites is 2. The molecule has 1 saturated carbocycles. The number of hydrogen-bond acceptors (Lipinski definition) is 2. The first-order chi connectivity index (χ1) is 13.8. The van der Waals surface area contributed by atoms with E-state index in [0.29, 0.717) is 12.8 Å². The smallest absolute Gasteiger partial charge is 0.345 e. The first-order valence-electron chi connectivity index (χ1n) is 9.38. The van der Waals surface area contributed by atoms with E-state index in [0.717, 1.165) is 23.0 Å². The van der Waals surface area contributed by atoms with E-state index in [-0.39, 0.29) is 16.9 Å². The molecule has 0 spiro atoms. The van der Waals surface area contributed by atoms with E-state index in [4.69, 9.17) is 0 Å². The average Bonchev–Trinajstić information content (AvgIpc) is 3.28. The van der Waals surface area contributed by atoms with Crippen molar-refractivity contribution in [3.8, 4) is 0 Å². The molecule has 4 nitrogen and oxygen atoms in total. The molecule has 1 amide bonds. The van der Waals surface area contributed by atoms with E-state index in [2.05, 4.69) is 10.3 Å². The highest BCUT2D eigenvalue weighted by Gasteiger charge is 2.40. The lowest BCUT2D eigenvalue weighted by atomic mass is 9.88. The molecule has 0 bridgehead atoms. The Hall–Kier alpha value is -2.90. The summed E-state index contributed by atoms with van der Waals surface area (Å²) in [6.45, 7) is -0.502. The maximum Gasteiger partial charge on any atom is 0.449 e. The third-order valence-corrected chi connectivity index (χ3v) is 5.44. The number of imidazole rings is 1. The lowest BCUT2D eigenvalue weighted by Gasteiger charge is -2.31. The van der Waals surface area contributed by atoms with Crippen LogP contribution >= 0.6 is 0 Å². The molecule has 0 unspecified atom stereocenters. The normalized spacial score (nSPS) is 16.3. The van der Waals surface area contributed by atoms with Gasteiger partial charge >= 0.3 is 6.18 Å². The molecular formula is C21H19F4N3O. The van der Waals surface area contributed by atoms with Gasteiger partial charge in [0.05, 0.1) is 16.6 Å². The van der Waals surface area contributed by atoms with E-state index in [9.17, 15) is 22.4 Å². The molecule has 1 N–H and O–H groups in total. The van der Waals surface area contributed by atoms with Gasteiger partial charge in [-0.1, -0.05) is 37.1 Å². The highest BCUT2D eigenvalue weighted by atomic mass is 19.4. The van der Waals surface area contributed by atoms with E-state index in [1.165, 1.54) is 24.3 Å². The van der Waals surface area contributed by atoms with Gasteiger partial charge < -0.3 is 9.88 Å². The van der Waals surface area contributed by atoms with Crippen LogP contribution in [0.15, 0.2) is 48.5 Å². The van der Waals surface area contributed by atoms with Gasteiger partial charge in [-0.05, 0) is 42.7 Å². The van der Waals surface area contributed by atoms with Crippen LogP contribution in [0.5, 0.6) is 0 Å². The van der Waals surface area contributed by atoms with Crippen molar-refractivity contribution >= 4 is 16.9 Å². The largest absolute Gasteiger partial charge is 0.449 e. The summed E-state index contributed by atoms with van der Waals surface area (Å²) in [4.78, 5) is 16.5. The molecule has 0 radical (unpaired) electrons. The fourth-order valence-corrected chi connectivity index (χ4v) is 4.14. The molecule has 3 aromatic rings. The third kappa shape index (κ3) is 3.71. The maximum absolute atomic E-state index is 13.5. The number of rotatable bonds is 4. The molecule has 29 heavy (non-hydrogen) atoms. The minimum absolute atomic E-state index is 0.182. The monoisotopic (exact) mass is 405 g/mol. The predicted molar refractivity (Wildman–Crippen MR) is 99.4 cm³/mol. The van der Waals surface area contributed by atoms with Crippen molar-refractivity contribution in [1.82, 2.24) is 14.9 Å². The number of fused-ring (bicyclic) bond motifs is 1. The van der Waals surface area contributed by atoms with Gasteiger partial charge in [0, 0.05) is 0 Å². The fourth-order valence-electron chi connectivity index (χ4n) is 4.14. The van der Waals surface area contributed by atoms with Crippen LogP contribution in [0.2, 0.25) is 0 Å². The molecule has 1 heterocycles. The van der Waals surface area contributed by atoms with Crippen LogP contribution in [0.1, 0.15) is 37.1 Å². The fraction of sp³-hybridized carbons (Fsp3) is 0.333. The van der Waals surface area contributed by atoms with Gasteiger partial charge in [-0.2, -0.15) is 13.2 Å². The maximum atomic E-state index is 13.5. The van der Waals surface area contributed by atoms with Crippen LogP contribution in [-0.4, -0.2) is 15.5 Å². The highest BCUT2D eigenvalue weighted by Crippen LogP contribution is 2.39. The van der Waals surface area contributed by atoms with Crippen molar-refractivity contribution in [3.63, 3.8) is 0 Å². The predicted octanol–water partition coefficient (Wildman–Crippen LogP) is 4.78. The standard InChI is InChI=1S/C21H19F4N3O/c22-15-9-7-14(8-10-15)20(11-3-4-12-20)27-18(29)13-28-17-6-2-1-5-16(17)26-19(28)21(23,24)25/h1-2,5-10H,3-4,11-13H2,(H,27,29). The lowest BCUT2D eigenvalue weighted by Crippen LogP contribution is -2.45. The number of alkyl halides is 3. The Morgan fingerprint density at radius 1 is 1.07 bits per heavy atom. The molecule has 0 aliphatic heterocycles. The molecule has 1 aromatic heterocycles. The zero-order valence-electron chi connectivity index (χ0n) is 15.5. The van der Waals surface area contributed by atoms with Crippen LogP contribution in [0.25, 0.3) is 11.0 Å². The van der Waals surface area contributed by atoms with Crippen molar-refractivity contribution < 1.29 is 22.4 Å². The highest BCUT2D eigenvalue weighted by molar-refractivity contribution is 5.81. The summed E-state index contributed by atoms with van der Waals surface area (Å²) in [5.41, 5.74) is 0.495. The number of hydrogen-bond donors (Lipinski definition) is 1. The minimum atomic E-state index is -4.68. The lowest BCUT2D eigenvalue weighted by molar-refractivity contribution is -0.147. The average molecular weight is 405 g/mol. The summed E-state index contributed by atoms with van der Waals surface area (Å²) in [5.74, 6) is -2.02. The van der Waals surface area contributed by atoms with Crippen molar-refractivity contribution in [2.24, 2.45) is 0 Å². The van der Waals surface area contributed by atoms with Crippen LogP contribution in [0.4, 0.5) is 17.6 Å². The van der Waals surface area contributed by atoms with Crippen molar-refractivity contribution in [2.75, 3.05) is 0 Å². The number of carbonyl (C=O) groups excluding carboxylic acids is 1. The molecule has 0 saturated heterocycles. The summed E-state index contributed by atoms with van der Waals surface area (Å²) >= 11 is 0. The Labute approximate surface area is 164 Å². The zero-order chi connectivity index (χ0) is 20.6. The van der Waals surface area contributed by atoms with Gasteiger partial charge in [0.1, 0.15) is 12.4 Å². The third-order valence-electron chi connectivity index (χ3n) is 5.44. The molecule has 1 fully saturated rings. The SMILES string of the molecule is O=C(Cn1c(C(F)(F)F)nc2ccccc21)NC1(c2ccc(F)cc2)CCCC1. The minimum Gasteiger partial charge on any atom is -0.345 e. The number of carbonyl (C=O) groups is 1. The quantitative estimate of drug-likeness (QED) is 0.635. The number of benzene rings is 2.